The molecule has 0 aromatic rings. The second kappa shape index (κ2) is 5.72. The van der Waals surface area contributed by atoms with Gasteiger partial charge in [0.15, 0.2) is 0 Å². The van der Waals surface area contributed by atoms with Gasteiger partial charge in [-0.1, -0.05) is 13.8 Å². The lowest BCUT2D eigenvalue weighted by Gasteiger charge is -2.16. The molecule has 0 aromatic heterocycles. The zero-order chi connectivity index (χ0) is 12.1. The van der Waals surface area contributed by atoms with Gasteiger partial charge < -0.3 is 14.7 Å². The fourth-order valence-corrected chi connectivity index (χ4v) is 1.60. The Bertz CT molecular complexity index is 265. The van der Waals surface area contributed by atoms with Crippen LogP contribution in [0.2, 0.25) is 0 Å². The van der Waals surface area contributed by atoms with E-state index in [-0.39, 0.29) is 12.6 Å². The Hall–Kier alpha value is -1.26. The number of carbonyl (C=O) groups is 2. The molecule has 0 spiro atoms. The Labute approximate surface area is 95.4 Å². The van der Waals surface area contributed by atoms with Gasteiger partial charge >= 0.3 is 12.1 Å². The lowest BCUT2D eigenvalue weighted by atomic mass is 10.1. The van der Waals surface area contributed by atoms with E-state index in [1.807, 2.05) is 0 Å². The summed E-state index contributed by atoms with van der Waals surface area (Å²) in [6.45, 7) is 5.28. The Kier molecular flexibility index (Phi) is 4.58. The van der Waals surface area contributed by atoms with Crippen LogP contribution in [0.4, 0.5) is 4.79 Å². The minimum atomic E-state index is -0.836. The smallest absolute Gasteiger partial charge is 0.409 e. The first-order valence-electron chi connectivity index (χ1n) is 5.65. The standard InChI is InChI=1S/C11H19NO4/c1-8(2)4-6-16-11(15)12-5-3-9(7-12)10(13)14/h8-9H,3-7H2,1-2H3,(H,13,14). The first kappa shape index (κ1) is 12.8. The van der Waals surface area contributed by atoms with Crippen LogP contribution in [0, 0.1) is 11.8 Å². The van der Waals surface area contributed by atoms with Crippen molar-refractivity contribution in [1.82, 2.24) is 4.90 Å². The van der Waals surface area contributed by atoms with Crippen LogP contribution in [0.3, 0.4) is 0 Å². The summed E-state index contributed by atoms with van der Waals surface area (Å²) in [7, 11) is 0. The highest BCUT2D eigenvalue weighted by Gasteiger charge is 2.31. The Morgan fingerprint density at radius 1 is 1.50 bits per heavy atom. The maximum atomic E-state index is 11.5. The zero-order valence-corrected chi connectivity index (χ0v) is 9.81. The van der Waals surface area contributed by atoms with Crippen molar-refractivity contribution in [3.05, 3.63) is 0 Å². The molecular formula is C11H19NO4. The van der Waals surface area contributed by atoms with E-state index < -0.39 is 11.9 Å². The van der Waals surface area contributed by atoms with Gasteiger partial charge in [-0.2, -0.15) is 0 Å². The molecule has 0 aromatic carbocycles. The lowest BCUT2D eigenvalue weighted by molar-refractivity contribution is -0.141. The summed E-state index contributed by atoms with van der Waals surface area (Å²) in [5.74, 6) is -0.770. The SMILES string of the molecule is CC(C)CCOC(=O)N1CCC(C(=O)O)C1. The van der Waals surface area contributed by atoms with Gasteiger partial charge in [0.2, 0.25) is 0 Å². The molecule has 1 atom stereocenters. The summed E-state index contributed by atoms with van der Waals surface area (Å²) in [6.07, 6.45) is 0.973. The van der Waals surface area contributed by atoms with E-state index in [1.54, 1.807) is 0 Å². The van der Waals surface area contributed by atoms with Crippen LogP contribution in [-0.4, -0.2) is 41.8 Å². The summed E-state index contributed by atoms with van der Waals surface area (Å²) >= 11 is 0. The molecule has 1 fully saturated rings. The number of hydrogen-bond donors (Lipinski definition) is 1. The average molecular weight is 229 g/mol. The highest BCUT2D eigenvalue weighted by molar-refractivity contribution is 5.74. The third kappa shape index (κ3) is 3.72. The number of amides is 1. The number of aliphatic carboxylic acids is 1. The summed E-state index contributed by atoms with van der Waals surface area (Å²) in [5.41, 5.74) is 0. The first-order valence-corrected chi connectivity index (χ1v) is 5.65. The molecule has 1 heterocycles. The highest BCUT2D eigenvalue weighted by atomic mass is 16.6. The normalized spacial score (nSPS) is 20.2. The van der Waals surface area contributed by atoms with Gasteiger partial charge in [0.1, 0.15) is 0 Å². The van der Waals surface area contributed by atoms with Crippen molar-refractivity contribution in [3.63, 3.8) is 0 Å². The molecule has 16 heavy (non-hydrogen) atoms. The quantitative estimate of drug-likeness (QED) is 0.794. The molecule has 1 amide bonds. The van der Waals surface area contributed by atoms with Crippen LogP contribution in [0.25, 0.3) is 0 Å². The number of nitrogens with zero attached hydrogens (tertiary/aromatic N) is 1. The van der Waals surface area contributed by atoms with E-state index >= 15 is 0 Å². The maximum Gasteiger partial charge on any atom is 0.409 e. The molecule has 1 aliphatic heterocycles. The molecule has 0 radical (unpaired) electrons. The lowest BCUT2D eigenvalue weighted by Crippen LogP contribution is -2.30. The molecule has 1 N–H and O–H groups in total. The molecule has 1 saturated heterocycles. The van der Waals surface area contributed by atoms with Gasteiger partial charge in [-0.25, -0.2) is 4.79 Å². The molecule has 92 valence electrons. The molecule has 1 rings (SSSR count). The topological polar surface area (TPSA) is 66.8 Å². The highest BCUT2D eigenvalue weighted by Crippen LogP contribution is 2.17. The van der Waals surface area contributed by atoms with Crippen LogP contribution in [0.15, 0.2) is 0 Å². The Balaban J connectivity index is 2.26. The molecule has 5 nitrogen and oxygen atoms in total. The van der Waals surface area contributed by atoms with Gasteiger partial charge in [0, 0.05) is 13.1 Å². The Morgan fingerprint density at radius 2 is 2.19 bits per heavy atom. The van der Waals surface area contributed by atoms with E-state index in [1.165, 1.54) is 4.90 Å². The number of ether oxygens (including phenoxy) is 1. The molecule has 5 heteroatoms. The van der Waals surface area contributed by atoms with Crippen LogP contribution >= 0.6 is 0 Å². The second-order valence-electron chi connectivity index (χ2n) is 4.57. The predicted molar refractivity (Wildman–Crippen MR) is 58.1 cm³/mol. The largest absolute Gasteiger partial charge is 0.481 e. The molecule has 1 unspecified atom stereocenters. The molecule has 0 aliphatic carbocycles. The number of carboxylic acid groups (broad SMARTS) is 1. The van der Waals surface area contributed by atoms with Gasteiger partial charge in [-0.15, -0.1) is 0 Å². The number of likely N-dealkylation sites (tertiary alicyclic amines) is 1. The molecule has 1 aliphatic rings. The number of rotatable bonds is 4. The van der Waals surface area contributed by atoms with E-state index in [9.17, 15) is 9.59 Å². The molecule has 0 saturated carbocycles. The summed E-state index contributed by atoms with van der Waals surface area (Å²) in [6, 6.07) is 0. The third-order valence-corrected chi connectivity index (χ3v) is 2.72. The van der Waals surface area contributed by atoms with E-state index in [0.717, 1.165) is 6.42 Å². The van der Waals surface area contributed by atoms with Gasteiger partial charge in [0.05, 0.1) is 12.5 Å². The third-order valence-electron chi connectivity index (χ3n) is 2.72. The van der Waals surface area contributed by atoms with Crippen molar-refractivity contribution in [3.8, 4) is 0 Å². The molecule has 0 bridgehead atoms. The molecular weight excluding hydrogens is 210 g/mol. The monoisotopic (exact) mass is 229 g/mol. The van der Waals surface area contributed by atoms with E-state index in [2.05, 4.69) is 13.8 Å². The fraction of sp³-hybridized carbons (Fsp3) is 0.818. The average Bonchev–Trinajstić information content (AvgIpc) is 2.65. The van der Waals surface area contributed by atoms with E-state index in [0.29, 0.717) is 25.5 Å². The van der Waals surface area contributed by atoms with Crippen molar-refractivity contribution in [2.75, 3.05) is 19.7 Å². The fourth-order valence-electron chi connectivity index (χ4n) is 1.60. The van der Waals surface area contributed by atoms with Crippen molar-refractivity contribution in [2.24, 2.45) is 11.8 Å². The minimum absolute atomic E-state index is 0.274. The number of carboxylic acids is 1. The van der Waals surface area contributed by atoms with Crippen molar-refractivity contribution < 1.29 is 19.4 Å². The van der Waals surface area contributed by atoms with Crippen molar-refractivity contribution in [2.45, 2.75) is 26.7 Å². The van der Waals surface area contributed by atoms with Crippen LogP contribution in [-0.2, 0) is 9.53 Å². The van der Waals surface area contributed by atoms with Crippen LogP contribution in [0.1, 0.15) is 26.7 Å². The second-order valence-corrected chi connectivity index (χ2v) is 4.57. The van der Waals surface area contributed by atoms with E-state index in [4.69, 9.17) is 9.84 Å². The van der Waals surface area contributed by atoms with Crippen molar-refractivity contribution in [1.29, 1.82) is 0 Å². The summed E-state index contributed by atoms with van der Waals surface area (Å²) < 4.78 is 5.06. The van der Waals surface area contributed by atoms with Crippen LogP contribution < -0.4 is 0 Å². The Morgan fingerprint density at radius 3 is 2.69 bits per heavy atom. The van der Waals surface area contributed by atoms with Gasteiger partial charge in [-0.3, -0.25) is 4.79 Å². The van der Waals surface area contributed by atoms with Gasteiger partial charge in [0.25, 0.3) is 0 Å². The number of hydrogen-bond acceptors (Lipinski definition) is 3. The zero-order valence-electron chi connectivity index (χ0n) is 9.81. The predicted octanol–water partition coefficient (Wildman–Crippen LogP) is 1.58. The number of carbonyl (C=O) groups excluding carboxylic acids is 1. The summed E-state index contributed by atoms with van der Waals surface area (Å²) in [5, 5.41) is 8.78. The van der Waals surface area contributed by atoms with Crippen molar-refractivity contribution >= 4 is 12.1 Å². The first-order chi connectivity index (χ1) is 7.50. The summed E-state index contributed by atoms with van der Waals surface area (Å²) in [4.78, 5) is 23.7. The van der Waals surface area contributed by atoms with Crippen LogP contribution in [0.5, 0.6) is 0 Å². The van der Waals surface area contributed by atoms with Gasteiger partial charge in [-0.05, 0) is 18.8 Å². The minimum Gasteiger partial charge on any atom is -0.481 e. The maximum absolute atomic E-state index is 11.5.